The second kappa shape index (κ2) is 10.1. The number of aliphatic carboxylic acids is 1. The number of carbonyl (C=O) groups excluding carboxylic acids is 2. The fourth-order valence-corrected chi connectivity index (χ4v) is 5.20. The number of hydrogen-bond donors (Lipinski definition) is 2. The van der Waals surface area contributed by atoms with E-state index < -0.39 is 23.5 Å². The molecule has 4 rings (SSSR count). The Hall–Kier alpha value is -3.39. The van der Waals surface area contributed by atoms with E-state index in [2.05, 4.69) is 29.6 Å². The lowest BCUT2D eigenvalue weighted by molar-refractivity contribution is -0.157. The highest BCUT2D eigenvalue weighted by molar-refractivity contribution is 5.89. The van der Waals surface area contributed by atoms with Gasteiger partial charge in [-0.05, 0) is 35.6 Å². The lowest BCUT2D eigenvalue weighted by Crippen LogP contribution is -2.53. The zero-order chi connectivity index (χ0) is 25.2. The third-order valence-corrected chi connectivity index (χ3v) is 7.35. The van der Waals surface area contributed by atoms with Gasteiger partial charge in [-0.25, -0.2) is 9.59 Å². The Morgan fingerprint density at radius 3 is 2.26 bits per heavy atom. The van der Waals surface area contributed by atoms with Crippen molar-refractivity contribution in [2.24, 2.45) is 5.92 Å². The number of hydrogen-bond acceptors (Lipinski definition) is 5. The van der Waals surface area contributed by atoms with Crippen molar-refractivity contribution < 1.29 is 29.0 Å². The quantitative estimate of drug-likeness (QED) is 0.598. The van der Waals surface area contributed by atoms with E-state index in [0.29, 0.717) is 6.42 Å². The van der Waals surface area contributed by atoms with Gasteiger partial charge in [-0.1, -0.05) is 55.5 Å². The summed E-state index contributed by atoms with van der Waals surface area (Å²) in [4.78, 5) is 39.1. The number of likely N-dealkylation sites (tertiary alicyclic amines) is 1. The molecule has 1 saturated heterocycles. The highest BCUT2D eigenvalue weighted by atomic mass is 16.5. The smallest absolute Gasteiger partial charge is 0.407 e. The number of carboxylic acid groups (broad SMARTS) is 1. The molecule has 2 aromatic rings. The SMILES string of the molecule is CCC(CNC(=O)OCC1c2ccccc2-c2ccccc21)C(=O)N1CC(OC)CC1(C)C(=O)O. The third kappa shape index (κ3) is 4.62. The monoisotopic (exact) mass is 480 g/mol. The number of nitrogens with one attached hydrogen (secondary N) is 1. The Kier molecular flexibility index (Phi) is 7.12. The number of ether oxygens (including phenoxy) is 2. The minimum absolute atomic E-state index is 0.0522. The minimum atomic E-state index is -1.34. The van der Waals surface area contributed by atoms with Crippen molar-refractivity contribution in [3.8, 4) is 11.1 Å². The first-order valence-electron chi connectivity index (χ1n) is 12.0. The maximum atomic E-state index is 13.2. The number of amides is 2. The van der Waals surface area contributed by atoms with Crippen molar-refractivity contribution in [1.29, 1.82) is 0 Å². The second-order valence-corrected chi connectivity index (χ2v) is 9.40. The predicted octanol–water partition coefficient (Wildman–Crippen LogP) is 3.64. The molecule has 1 aliphatic carbocycles. The van der Waals surface area contributed by atoms with Crippen LogP contribution in [0.5, 0.6) is 0 Å². The van der Waals surface area contributed by atoms with E-state index >= 15 is 0 Å². The van der Waals surface area contributed by atoms with Crippen LogP contribution in [0.25, 0.3) is 11.1 Å². The van der Waals surface area contributed by atoms with Crippen LogP contribution in [0.2, 0.25) is 0 Å². The molecule has 8 nitrogen and oxygen atoms in total. The van der Waals surface area contributed by atoms with Gasteiger partial charge in [0, 0.05) is 32.5 Å². The number of methoxy groups -OCH3 is 1. The predicted molar refractivity (Wildman–Crippen MR) is 130 cm³/mol. The normalized spacial score (nSPS) is 21.8. The van der Waals surface area contributed by atoms with E-state index in [1.165, 1.54) is 18.9 Å². The Labute approximate surface area is 205 Å². The molecule has 2 N–H and O–H groups in total. The number of carboxylic acids is 1. The average Bonchev–Trinajstić information content (AvgIpc) is 3.38. The van der Waals surface area contributed by atoms with Gasteiger partial charge in [-0.15, -0.1) is 0 Å². The summed E-state index contributed by atoms with van der Waals surface area (Å²) in [5, 5.41) is 12.5. The topological polar surface area (TPSA) is 105 Å². The van der Waals surface area contributed by atoms with E-state index in [1.54, 1.807) is 0 Å². The molecule has 0 saturated carbocycles. The van der Waals surface area contributed by atoms with Gasteiger partial charge in [0.2, 0.25) is 5.91 Å². The maximum absolute atomic E-state index is 13.2. The van der Waals surface area contributed by atoms with Gasteiger partial charge < -0.3 is 24.8 Å². The Balaban J connectivity index is 1.37. The lowest BCUT2D eigenvalue weighted by Gasteiger charge is -2.33. The molecule has 0 radical (unpaired) electrons. The summed E-state index contributed by atoms with van der Waals surface area (Å²) in [5.41, 5.74) is 3.20. The molecule has 1 heterocycles. The number of alkyl carbamates (subject to hydrolysis) is 1. The first-order chi connectivity index (χ1) is 16.8. The summed E-state index contributed by atoms with van der Waals surface area (Å²) in [6.07, 6.45) is -0.268. The average molecular weight is 481 g/mol. The third-order valence-electron chi connectivity index (χ3n) is 7.35. The minimum Gasteiger partial charge on any atom is -0.480 e. The van der Waals surface area contributed by atoms with Crippen molar-refractivity contribution in [2.75, 3.05) is 26.8 Å². The first-order valence-corrected chi connectivity index (χ1v) is 12.0. The summed E-state index contributed by atoms with van der Waals surface area (Å²) in [6, 6.07) is 16.2. The molecule has 186 valence electrons. The van der Waals surface area contributed by atoms with Gasteiger partial charge in [-0.2, -0.15) is 0 Å². The summed E-state index contributed by atoms with van der Waals surface area (Å²) in [6.45, 7) is 3.83. The van der Waals surface area contributed by atoms with Gasteiger partial charge in [0.1, 0.15) is 12.1 Å². The van der Waals surface area contributed by atoms with Crippen LogP contribution < -0.4 is 5.32 Å². The lowest BCUT2D eigenvalue weighted by atomic mass is 9.96. The van der Waals surface area contributed by atoms with Crippen molar-refractivity contribution in [3.05, 3.63) is 59.7 Å². The van der Waals surface area contributed by atoms with Crippen LogP contribution >= 0.6 is 0 Å². The molecule has 1 fully saturated rings. The molecule has 2 aromatic carbocycles. The van der Waals surface area contributed by atoms with E-state index in [0.717, 1.165) is 22.3 Å². The molecule has 2 amide bonds. The van der Waals surface area contributed by atoms with Crippen molar-refractivity contribution >= 4 is 18.0 Å². The van der Waals surface area contributed by atoms with Crippen LogP contribution in [-0.4, -0.2) is 66.4 Å². The zero-order valence-electron chi connectivity index (χ0n) is 20.3. The summed E-state index contributed by atoms with van der Waals surface area (Å²) >= 11 is 0. The molecule has 3 atom stereocenters. The van der Waals surface area contributed by atoms with E-state index in [4.69, 9.17) is 9.47 Å². The number of fused-ring (bicyclic) bond motifs is 3. The zero-order valence-corrected chi connectivity index (χ0v) is 20.3. The van der Waals surface area contributed by atoms with Crippen LogP contribution in [0.15, 0.2) is 48.5 Å². The fraction of sp³-hybridized carbons (Fsp3) is 0.444. The molecule has 2 aliphatic rings. The van der Waals surface area contributed by atoms with Crippen LogP contribution in [0.3, 0.4) is 0 Å². The number of rotatable bonds is 8. The first kappa shape index (κ1) is 24.7. The summed E-state index contributed by atoms with van der Waals surface area (Å²) in [5.74, 6) is -1.99. The Morgan fingerprint density at radius 2 is 1.71 bits per heavy atom. The van der Waals surface area contributed by atoms with Gasteiger partial charge in [-0.3, -0.25) is 4.79 Å². The van der Waals surface area contributed by atoms with Gasteiger partial charge >= 0.3 is 12.1 Å². The van der Waals surface area contributed by atoms with Crippen LogP contribution in [0.4, 0.5) is 4.79 Å². The van der Waals surface area contributed by atoms with Gasteiger partial charge in [0.15, 0.2) is 0 Å². The van der Waals surface area contributed by atoms with E-state index in [9.17, 15) is 19.5 Å². The summed E-state index contributed by atoms with van der Waals surface area (Å²) < 4.78 is 10.9. The van der Waals surface area contributed by atoms with E-state index in [1.807, 2.05) is 31.2 Å². The number of nitrogens with zero attached hydrogens (tertiary/aromatic N) is 1. The maximum Gasteiger partial charge on any atom is 0.407 e. The van der Waals surface area contributed by atoms with Crippen molar-refractivity contribution in [1.82, 2.24) is 10.2 Å². The molecule has 35 heavy (non-hydrogen) atoms. The molecule has 1 aliphatic heterocycles. The van der Waals surface area contributed by atoms with Crippen LogP contribution in [0, 0.1) is 5.92 Å². The highest BCUT2D eigenvalue weighted by Crippen LogP contribution is 2.44. The van der Waals surface area contributed by atoms with Crippen molar-refractivity contribution in [2.45, 2.75) is 44.2 Å². The van der Waals surface area contributed by atoms with Gasteiger partial charge in [0.25, 0.3) is 0 Å². The molecule has 0 bridgehead atoms. The molecular formula is C27H32N2O6. The van der Waals surface area contributed by atoms with Crippen LogP contribution in [-0.2, 0) is 19.1 Å². The molecular weight excluding hydrogens is 448 g/mol. The molecule has 0 aromatic heterocycles. The molecule has 8 heteroatoms. The second-order valence-electron chi connectivity index (χ2n) is 9.40. The Bertz CT molecular complexity index is 1070. The van der Waals surface area contributed by atoms with Gasteiger partial charge in [0.05, 0.1) is 12.0 Å². The van der Waals surface area contributed by atoms with Crippen LogP contribution in [0.1, 0.15) is 43.7 Å². The standard InChI is InChI=1S/C27H32N2O6/c1-4-17(24(30)29-15-18(34-3)13-27(29,2)25(31)32)14-28-26(33)35-16-23-21-11-7-5-9-19(21)20-10-6-8-12-22(20)23/h5-12,17-18,23H,4,13-16H2,1-3H3,(H,28,33)(H,31,32). The highest BCUT2D eigenvalue weighted by Gasteiger charge is 2.51. The Morgan fingerprint density at radius 1 is 1.11 bits per heavy atom. The number of benzene rings is 2. The van der Waals surface area contributed by atoms with Crippen molar-refractivity contribution in [3.63, 3.8) is 0 Å². The van der Waals surface area contributed by atoms with E-state index in [-0.39, 0.29) is 44.0 Å². The summed E-state index contributed by atoms with van der Waals surface area (Å²) in [7, 11) is 1.51. The fourth-order valence-electron chi connectivity index (χ4n) is 5.20. The molecule has 0 spiro atoms. The molecule has 3 unspecified atom stereocenters. The number of carbonyl (C=O) groups is 3. The largest absolute Gasteiger partial charge is 0.480 e.